The standard InChI is InChI=1S/C25H30N8O4/c1-4-13-33-21(34)20(29-25(33)35)28-24-31-22(26-14-16-5-9-18(36-2)10-6-16)30-23(32-24)27-15-17-7-11-19(37-3)12-8-17/h5-12,20H,4,13-15H2,1-3H3,(H,29,35)(H3,26,27,28,30,31,32). The van der Waals surface area contributed by atoms with Gasteiger partial charge in [-0.1, -0.05) is 31.2 Å². The molecule has 3 aromatic rings. The molecule has 1 aromatic heterocycles. The fraction of sp³-hybridized carbons (Fsp3) is 0.320. The monoisotopic (exact) mass is 506 g/mol. The number of hydrogen-bond acceptors (Lipinski definition) is 10. The summed E-state index contributed by atoms with van der Waals surface area (Å²) in [5.74, 6) is 1.89. The highest BCUT2D eigenvalue weighted by Gasteiger charge is 2.38. The number of amides is 3. The van der Waals surface area contributed by atoms with Crippen LogP contribution in [-0.2, 0) is 17.9 Å². The van der Waals surface area contributed by atoms with Crippen LogP contribution in [0.15, 0.2) is 48.5 Å². The van der Waals surface area contributed by atoms with E-state index in [9.17, 15) is 9.59 Å². The summed E-state index contributed by atoms with van der Waals surface area (Å²) in [5.41, 5.74) is 1.99. The zero-order valence-electron chi connectivity index (χ0n) is 20.9. The molecule has 3 amide bonds. The van der Waals surface area contributed by atoms with Gasteiger partial charge in [0.1, 0.15) is 11.5 Å². The number of anilines is 3. The number of aromatic nitrogens is 3. The van der Waals surface area contributed by atoms with Crippen LogP contribution >= 0.6 is 0 Å². The molecule has 1 aliphatic rings. The Hall–Kier alpha value is -4.61. The molecular formula is C25H30N8O4. The summed E-state index contributed by atoms with van der Waals surface area (Å²) in [4.78, 5) is 39.3. The van der Waals surface area contributed by atoms with Gasteiger partial charge < -0.3 is 30.7 Å². The number of nitrogens with one attached hydrogen (secondary N) is 4. The fourth-order valence-corrected chi connectivity index (χ4v) is 3.63. The van der Waals surface area contributed by atoms with Crippen LogP contribution in [0.1, 0.15) is 24.5 Å². The first-order chi connectivity index (χ1) is 18.0. The molecule has 194 valence electrons. The van der Waals surface area contributed by atoms with Gasteiger partial charge in [0, 0.05) is 19.6 Å². The Labute approximate surface area is 214 Å². The average molecular weight is 507 g/mol. The van der Waals surface area contributed by atoms with E-state index in [0.717, 1.165) is 22.6 Å². The Morgan fingerprint density at radius 2 is 1.30 bits per heavy atom. The smallest absolute Gasteiger partial charge is 0.326 e. The zero-order chi connectivity index (χ0) is 26.2. The molecule has 0 saturated carbocycles. The molecule has 0 aliphatic carbocycles. The maximum atomic E-state index is 12.7. The molecule has 1 saturated heterocycles. The van der Waals surface area contributed by atoms with Gasteiger partial charge in [-0.2, -0.15) is 15.0 Å². The fourth-order valence-electron chi connectivity index (χ4n) is 3.63. The third-order valence-electron chi connectivity index (χ3n) is 5.60. The number of benzene rings is 2. The van der Waals surface area contributed by atoms with Crippen LogP contribution in [0.2, 0.25) is 0 Å². The van der Waals surface area contributed by atoms with Crippen molar-refractivity contribution in [2.75, 3.05) is 36.7 Å². The lowest BCUT2D eigenvalue weighted by molar-refractivity contribution is -0.126. The molecule has 4 N–H and O–H groups in total. The number of nitrogens with zero attached hydrogens (tertiary/aromatic N) is 4. The van der Waals surface area contributed by atoms with E-state index in [0.29, 0.717) is 38.0 Å². The predicted molar refractivity (Wildman–Crippen MR) is 138 cm³/mol. The number of ether oxygens (including phenoxy) is 2. The number of carbonyl (C=O) groups excluding carboxylic acids is 2. The first-order valence-electron chi connectivity index (χ1n) is 11.9. The maximum absolute atomic E-state index is 12.7. The second-order valence-electron chi connectivity index (χ2n) is 8.23. The molecule has 37 heavy (non-hydrogen) atoms. The van der Waals surface area contributed by atoms with Gasteiger partial charge in [0.05, 0.1) is 14.2 Å². The number of methoxy groups -OCH3 is 2. The Morgan fingerprint density at radius 3 is 1.76 bits per heavy atom. The van der Waals surface area contributed by atoms with Crippen LogP contribution in [0.3, 0.4) is 0 Å². The summed E-state index contributed by atoms with van der Waals surface area (Å²) in [6.45, 7) is 3.14. The maximum Gasteiger partial charge on any atom is 0.326 e. The Balaban J connectivity index is 1.50. The summed E-state index contributed by atoms with van der Waals surface area (Å²) in [6, 6.07) is 14.8. The van der Waals surface area contributed by atoms with Crippen molar-refractivity contribution in [2.24, 2.45) is 0 Å². The Kier molecular flexibility index (Phi) is 8.18. The van der Waals surface area contributed by atoms with Crippen LogP contribution in [0.4, 0.5) is 22.6 Å². The van der Waals surface area contributed by atoms with Gasteiger partial charge in [0.2, 0.25) is 17.8 Å². The molecule has 4 rings (SSSR count). The summed E-state index contributed by atoms with van der Waals surface area (Å²) >= 11 is 0. The van der Waals surface area contributed by atoms with Crippen LogP contribution in [-0.4, -0.2) is 58.7 Å². The molecule has 12 nitrogen and oxygen atoms in total. The molecular weight excluding hydrogens is 476 g/mol. The van der Waals surface area contributed by atoms with E-state index in [2.05, 4.69) is 36.2 Å². The van der Waals surface area contributed by atoms with E-state index >= 15 is 0 Å². The highest BCUT2D eigenvalue weighted by Crippen LogP contribution is 2.17. The van der Waals surface area contributed by atoms with Gasteiger partial charge in [0.25, 0.3) is 5.91 Å². The molecule has 0 spiro atoms. The van der Waals surface area contributed by atoms with Crippen molar-refractivity contribution < 1.29 is 19.1 Å². The topological polar surface area (TPSA) is 143 Å². The van der Waals surface area contributed by atoms with Crippen molar-refractivity contribution >= 4 is 29.8 Å². The van der Waals surface area contributed by atoms with Gasteiger partial charge in [-0.15, -0.1) is 0 Å². The SMILES string of the molecule is CCCN1C(=O)NC(Nc2nc(NCc3ccc(OC)cc3)nc(NCc3ccc(OC)cc3)n2)C1=O. The highest BCUT2D eigenvalue weighted by molar-refractivity contribution is 6.05. The van der Waals surface area contributed by atoms with Crippen LogP contribution in [0, 0.1) is 0 Å². The second-order valence-corrected chi connectivity index (χ2v) is 8.23. The van der Waals surface area contributed by atoms with Crippen LogP contribution in [0.5, 0.6) is 11.5 Å². The van der Waals surface area contributed by atoms with Crippen molar-refractivity contribution in [3.05, 3.63) is 59.7 Å². The lowest BCUT2D eigenvalue weighted by Gasteiger charge is -2.14. The number of imide groups is 1. The van der Waals surface area contributed by atoms with E-state index in [1.165, 1.54) is 4.90 Å². The summed E-state index contributed by atoms with van der Waals surface area (Å²) in [7, 11) is 3.23. The zero-order valence-corrected chi connectivity index (χ0v) is 20.9. The summed E-state index contributed by atoms with van der Waals surface area (Å²) in [5, 5.41) is 11.9. The van der Waals surface area contributed by atoms with E-state index < -0.39 is 12.2 Å². The minimum absolute atomic E-state index is 0.140. The molecule has 1 aliphatic heterocycles. The van der Waals surface area contributed by atoms with Gasteiger partial charge in [-0.3, -0.25) is 9.69 Å². The van der Waals surface area contributed by atoms with Gasteiger partial charge in [-0.25, -0.2) is 4.79 Å². The molecule has 1 fully saturated rings. The third kappa shape index (κ3) is 6.54. The van der Waals surface area contributed by atoms with E-state index in [1.54, 1.807) is 14.2 Å². The van der Waals surface area contributed by atoms with E-state index in [-0.39, 0.29) is 11.9 Å². The quantitative estimate of drug-likeness (QED) is 0.271. The van der Waals surface area contributed by atoms with Crippen LogP contribution < -0.4 is 30.7 Å². The molecule has 0 bridgehead atoms. The minimum atomic E-state index is -0.967. The Bertz CT molecular complexity index is 1150. The van der Waals surface area contributed by atoms with Crippen molar-refractivity contribution in [2.45, 2.75) is 32.6 Å². The molecule has 12 heteroatoms. The molecule has 2 aromatic carbocycles. The van der Waals surface area contributed by atoms with E-state index in [1.807, 2.05) is 55.5 Å². The van der Waals surface area contributed by atoms with Crippen LogP contribution in [0.25, 0.3) is 0 Å². The third-order valence-corrected chi connectivity index (χ3v) is 5.60. The Morgan fingerprint density at radius 1 is 0.811 bits per heavy atom. The summed E-state index contributed by atoms with van der Waals surface area (Å²) in [6.07, 6.45) is -0.304. The van der Waals surface area contributed by atoms with E-state index in [4.69, 9.17) is 9.47 Å². The second kappa shape index (κ2) is 11.9. The minimum Gasteiger partial charge on any atom is -0.497 e. The van der Waals surface area contributed by atoms with Gasteiger partial charge in [-0.05, 0) is 41.8 Å². The van der Waals surface area contributed by atoms with Crippen molar-refractivity contribution in [3.63, 3.8) is 0 Å². The summed E-state index contributed by atoms with van der Waals surface area (Å²) < 4.78 is 10.4. The van der Waals surface area contributed by atoms with Crippen molar-refractivity contribution in [3.8, 4) is 11.5 Å². The number of rotatable bonds is 12. The molecule has 0 radical (unpaired) electrons. The van der Waals surface area contributed by atoms with Gasteiger partial charge >= 0.3 is 6.03 Å². The van der Waals surface area contributed by atoms with Crippen molar-refractivity contribution in [1.82, 2.24) is 25.2 Å². The first kappa shape index (κ1) is 25.5. The number of urea groups is 1. The molecule has 1 unspecified atom stereocenters. The average Bonchev–Trinajstić information content (AvgIpc) is 3.18. The van der Waals surface area contributed by atoms with Crippen molar-refractivity contribution in [1.29, 1.82) is 0 Å². The lowest BCUT2D eigenvalue weighted by Crippen LogP contribution is -2.38. The predicted octanol–water partition coefficient (Wildman–Crippen LogP) is 2.81. The lowest BCUT2D eigenvalue weighted by atomic mass is 10.2. The van der Waals surface area contributed by atoms with Gasteiger partial charge in [0.15, 0.2) is 6.17 Å². The first-order valence-corrected chi connectivity index (χ1v) is 11.9. The normalized spacial score (nSPS) is 14.8. The largest absolute Gasteiger partial charge is 0.497 e. The number of carbonyl (C=O) groups is 2. The molecule has 1 atom stereocenters. The number of hydrogen-bond donors (Lipinski definition) is 4. The highest BCUT2D eigenvalue weighted by atomic mass is 16.5. The molecule has 2 heterocycles.